The fourth-order valence-corrected chi connectivity index (χ4v) is 0.743. The van der Waals surface area contributed by atoms with E-state index >= 15 is 0 Å². The average Bonchev–Trinajstić information content (AvgIpc) is 1.94. The Bertz CT molecular complexity index is 259. The van der Waals surface area contributed by atoms with Crippen LogP contribution in [0.15, 0.2) is 17.4 Å². The number of alkyl halides is 1. The van der Waals surface area contributed by atoms with Crippen molar-refractivity contribution >= 4 is 11.6 Å². The molecule has 0 spiro atoms. The topological polar surface area (TPSA) is 47.8 Å². The minimum absolute atomic E-state index is 0.310. The summed E-state index contributed by atoms with van der Waals surface area (Å²) < 4.78 is 1.35. The Morgan fingerprint density at radius 3 is 3.10 bits per heavy atom. The highest BCUT2D eigenvalue weighted by atomic mass is 35.5. The Balaban J connectivity index is 2.92. The van der Waals surface area contributed by atoms with E-state index in [-0.39, 0.29) is 5.69 Å². The molecule has 0 N–H and O–H groups in total. The van der Waals surface area contributed by atoms with Crippen LogP contribution in [0.2, 0.25) is 0 Å². The average molecular weight is 160 g/mol. The van der Waals surface area contributed by atoms with Gasteiger partial charge in [0.25, 0.3) is 0 Å². The van der Waals surface area contributed by atoms with Crippen LogP contribution in [-0.2, 0) is 6.54 Å². The minimum atomic E-state index is -0.310. The summed E-state index contributed by atoms with van der Waals surface area (Å²) in [6, 6.07) is 0. The highest BCUT2D eigenvalue weighted by Crippen LogP contribution is 1.78. The second-order valence-corrected chi connectivity index (χ2v) is 2.05. The maximum absolute atomic E-state index is 10.8. The predicted octanol–water partition coefficient (Wildman–Crippen LogP) is -0.123. The monoisotopic (exact) mass is 159 g/mol. The van der Waals surface area contributed by atoms with Crippen molar-refractivity contribution < 1.29 is 0 Å². The Morgan fingerprint density at radius 1 is 1.70 bits per heavy atom. The first-order chi connectivity index (χ1) is 4.84. The number of rotatable bonds is 2. The molecule has 0 aliphatic heterocycles. The Kier molecular flexibility index (Phi) is 2.39. The normalized spacial score (nSPS) is 9.70. The van der Waals surface area contributed by atoms with Crippen molar-refractivity contribution in [1.82, 2.24) is 14.5 Å². The molecule has 0 fully saturated rings. The van der Waals surface area contributed by atoms with E-state index in [4.69, 9.17) is 11.6 Å². The first-order valence-electron chi connectivity index (χ1n) is 2.77. The van der Waals surface area contributed by atoms with Crippen LogP contribution in [0, 0.1) is 0 Å². The molecule has 1 rings (SSSR count). The van der Waals surface area contributed by atoms with Crippen molar-refractivity contribution in [2.24, 2.45) is 0 Å². The van der Waals surface area contributed by atoms with Crippen LogP contribution < -0.4 is 5.69 Å². The fourth-order valence-electron chi connectivity index (χ4n) is 0.561. The summed E-state index contributed by atoms with van der Waals surface area (Å²) in [4.78, 5) is 17.9. The van der Waals surface area contributed by atoms with Crippen molar-refractivity contribution in [2.45, 2.75) is 6.54 Å². The van der Waals surface area contributed by atoms with Crippen molar-refractivity contribution in [2.75, 3.05) is 5.88 Å². The smallest absolute Gasteiger partial charge is 0.281 e. The lowest BCUT2D eigenvalue weighted by Crippen LogP contribution is -2.22. The van der Waals surface area contributed by atoms with E-state index in [1.165, 1.54) is 17.2 Å². The molecule has 0 unspecified atom stereocenters. The summed E-state index contributed by atoms with van der Waals surface area (Å²) in [5.74, 6) is 0.396. The fraction of sp³-hybridized carbons (Fsp3) is 0.400. The minimum Gasteiger partial charge on any atom is -0.281 e. The van der Waals surface area contributed by atoms with Gasteiger partial charge in [0.2, 0.25) is 0 Å². The molecule has 0 radical (unpaired) electrons. The molecule has 1 heterocycles. The Labute approximate surface area is 62.5 Å². The quantitative estimate of drug-likeness (QED) is 0.566. The Hall–Kier alpha value is -0.900. The lowest BCUT2D eigenvalue weighted by molar-refractivity contribution is 0.678. The predicted molar refractivity (Wildman–Crippen MR) is 37.0 cm³/mol. The third-order valence-corrected chi connectivity index (χ3v) is 1.18. The molecule has 10 heavy (non-hydrogen) atoms. The zero-order valence-corrected chi connectivity index (χ0v) is 5.95. The molecule has 1 aromatic rings. The van der Waals surface area contributed by atoms with E-state index in [0.29, 0.717) is 12.4 Å². The molecule has 0 amide bonds. The molecule has 5 heteroatoms. The molecule has 0 aliphatic rings. The van der Waals surface area contributed by atoms with Gasteiger partial charge in [0.1, 0.15) is 12.7 Å². The number of hydrogen-bond acceptors (Lipinski definition) is 3. The van der Waals surface area contributed by atoms with Crippen LogP contribution in [0.4, 0.5) is 0 Å². The number of halogens is 1. The highest BCUT2D eigenvalue weighted by molar-refractivity contribution is 6.17. The van der Waals surface area contributed by atoms with Gasteiger partial charge in [-0.2, -0.15) is 4.98 Å². The number of nitrogens with zero attached hydrogens (tertiary/aromatic N) is 3. The molecule has 54 valence electrons. The van der Waals surface area contributed by atoms with E-state index in [9.17, 15) is 4.79 Å². The van der Waals surface area contributed by atoms with Gasteiger partial charge < -0.3 is 0 Å². The molecule has 0 bridgehead atoms. The third kappa shape index (κ3) is 1.54. The SMILES string of the molecule is O=c1ncncn1CCCl. The number of hydrogen-bond donors (Lipinski definition) is 0. The summed E-state index contributed by atoms with van der Waals surface area (Å²) in [6.07, 6.45) is 2.63. The summed E-state index contributed by atoms with van der Waals surface area (Å²) in [5.41, 5.74) is -0.310. The van der Waals surface area contributed by atoms with Gasteiger partial charge in [-0.15, -0.1) is 11.6 Å². The maximum Gasteiger partial charge on any atom is 0.350 e. The maximum atomic E-state index is 10.8. The first-order valence-corrected chi connectivity index (χ1v) is 3.30. The van der Waals surface area contributed by atoms with E-state index in [0.717, 1.165) is 0 Å². The molecular weight excluding hydrogens is 154 g/mol. The zero-order valence-electron chi connectivity index (χ0n) is 5.20. The van der Waals surface area contributed by atoms with E-state index < -0.39 is 0 Å². The molecule has 0 aromatic carbocycles. The second kappa shape index (κ2) is 3.31. The van der Waals surface area contributed by atoms with Gasteiger partial charge in [-0.1, -0.05) is 0 Å². The van der Waals surface area contributed by atoms with Crippen molar-refractivity contribution in [3.63, 3.8) is 0 Å². The van der Waals surface area contributed by atoms with Gasteiger partial charge in [-0.05, 0) is 0 Å². The summed E-state index contributed by atoms with van der Waals surface area (Å²) in [7, 11) is 0. The highest BCUT2D eigenvalue weighted by Gasteiger charge is 1.91. The van der Waals surface area contributed by atoms with Crippen LogP contribution in [-0.4, -0.2) is 20.4 Å². The molecule has 0 saturated carbocycles. The van der Waals surface area contributed by atoms with Crippen molar-refractivity contribution in [3.05, 3.63) is 23.1 Å². The Morgan fingerprint density at radius 2 is 2.50 bits per heavy atom. The van der Waals surface area contributed by atoms with Crippen LogP contribution in [0.25, 0.3) is 0 Å². The van der Waals surface area contributed by atoms with E-state index in [1.807, 2.05) is 0 Å². The standard InChI is InChI=1S/C5H6ClN3O/c6-1-2-9-4-7-3-8-5(9)10/h3-4H,1-2H2. The van der Waals surface area contributed by atoms with Gasteiger partial charge >= 0.3 is 5.69 Å². The van der Waals surface area contributed by atoms with Gasteiger partial charge in [0, 0.05) is 12.4 Å². The van der Waals surface area contributed by atoms with Crippen LogP contribution in [0.1, 0.15) is 0 Å². The van der Waals surface area contributed by atoms with Crippen LogP contribution in [0.5, 0.6) is 0 Å². The van der Waals surface area contributed by atoms with E-state index in [1.54, 1.807) is 0 Å². The lowest BCUT2D eigenvalue weighted by Gasteiger charge is -1.96. The lowest BCUT2D eigenvalue weighted by atomic mass is 10.7. The molecular formula is C5H6ClN3O. The van der Waals surface area contributed by atoms with Gasteiger partial charge in [0.15, 0.2) is 0 Å². The van der Waals surface area contributed by atoms with Crippen LogP contribution >= 0.6 is 11.6 Å². The van der Waals surface area contributed by atoms with E-state index in [2.05, 4.69) is 9.97 Å². The van der Waals surface area contributed by atoms with Crippen LogP contribution in [0.3, 0.4) is 0 Å². The first kappa shape index (κ1) is 7.21. The third-order valence-electron chi connectivity index (χ3n) is 1.01. The van der Waals surface area contributed by atoms with Crippen molar-refractivity contribution in [1.29, 1.82) is 0 Å². The zero-order chi connectivity index (χ0) is 7.40. The van der Waals surface area contributed by atoms with Gasteiger partial charge in [-0.3, -0.25) is 4.57 Å². The molecule has 0 saturated heterocycles. The number of aryl methyl sites for hydroxylation is 1. The molecule has 0 atom stereocenters. The molecule has 4 nitrogen and oxygen atoms in total. The second-order valence-electron chi connectivity index (χ2n) is 1.67. The largest absolute Gasteiger partial charge is 0.350 e. The van der Waals surface area contributed by atoms with Gasteiger partial charge in [0.05, 0.1) is 0 Å². The molecule has 1 aromatic heterocycles. The number of aromatic nitrogens is 3. The summed E-state index contributed by atoms with van der Waals surface area (Å²) >= 11 is 5.39. The van der Waals surface area contributed by atoms with Gasteiger partial charge in [-0.25, -0.2) is 9.78 Å². The van der Waals surface area contributed by atoms with Crippen molar-refractivity contribution in [3.8, 4) is 0 Å². The summed E-state index contributed by atoms with van der Waals surface area (Å²) in [6.45, 7) is 0.460. The summed E-state index contributed by atoms with van der Waals surface area (Å²) in [5, 5.41) is 0. The molecule has 0 aliphatic carbocycles.